The monoisotopic (exact) mass is 410 g/mol. The van der Waals surface area contributed by atoms with Gasteiger partial charge in [-0.15, -0.1) is 0 Å². The molecule has 158 valence electrons. The van der Waals surface area contributed by atoms with Gasteiger partial charge in [0.2, 0.25) is 0 Å². The van der Waals surface area contributed by atoms with E-state index in [1.807, 2.05) is 25.1 Å². The molecule has 2 aromatic carbocycles. The molecule has 1 aliphatic carbocycles. The minimum atomic E-state index is -0.885. The van der Waals surface area contributed by atoms with Gasteiger partial charge in [-0.2, -0.15) is 0 Å². The second-order valence-electron chi connectivity index (χ2n) is 8.55. The molecular formula is C24H26O6. The van der Waals surface area contributed by atoms with E-state index >= 15 is 0 Å². The minimum Gasteiger partial charge on any atom is -0.507 e. The third-order valence-electron chi connectivity index (χ3n) is 6.80. The van der Waals surface area contributed by atoms with Crippen molar-refractivity contribution in [2.45, 2.75) is 49.9 Å². The molecule has 1 saturated carbocycles. The van der Waals surface area contributed by atoms with Crippen LogP contribution in [-0.2, 0) is 11.8 Å². The second-order valence-corrected chi connectivity index (χ2v) is 8.55. The van der Waals surface area contributed by atoms with Gasteiger partial charge in [0.1, 0.15) is 29.5 Å². The summed E-state index contributed by atoms with van der Waals surface area (Å²) >= 11 is 0. The van der Waals surface area contributed by atoms with Crippen LogP contribution >= 0.6 is 0 Å². The lowest BCUT2D eigenvalue weighted by Crippen LogP contribution is -2.55. The van der Waals surface area contributed by atoms with E-state index in [0.717, 1.165) is 16.7 Å². The molecule has 4 aliphatic rings. The molecule has 0 saturated heterocycles. The number of methoxy groups -OCH3 is 2. The summed E-state index contributed by atoms with van der Waals surface area (Å²) in [4.78, 5) is 0. The summed E-state index contributed by atoms with van der Waals surface area (Å²) in [6.45, 7) is 5.88. The van der Waals surface area contributed by atoms with Crippen LogP contribution in [0.3, 0.4) is 0 Å². The largest absolute Gasteiger partial charge is 0.507 e. The van der Waals surface area contributed by atoms with Crippen LogP contribution in [0.2, 0.25) is 0 Å². The van der Waals surface area contributed by atoms with Gasteiger partial charge in [-0.1, -0.05) is 6.58 Å². The van der Waals surface area contributed by atoms with E-state index < -0.39 is 11.5 Å². The highest BCUT2D eigenvalue weighted by Gasteiger charge is 2.57. The first kappa shape index (κ1) is 19.1. The average Bonchev–Trinajstić information content (AvgIpc) is 3.17. The number of benzene rings is 2. The van der Waals surface area contributed by atoms with Crippen LogP contribution < -0.4 is 18.9 Å². The highest BCUT2D eigenvalue weighted by Crippen LogP contribution is 2.62. The quantitative estimate of drug-likeness (QED) is 0.730. The molecule has 3 aliphatic heterocycles. The number of phenolic OH excluding ortho intramolecular Hbond substituents is 1. The average molecular weight is 410 g/mol. The fourth-order valence-electron chi connectivity index (χ4n) is 5.07. The van der Waals surface area contributed by atoms with Gasteiger partial charge < -0.3 is 29.2 Å². The fraction of sp³-hybridized carbons (Fsp3) is 0.417. The molecule has 6 nitrogen and oxygen atoms in total. The van der Waals surface area contributed by atoms with Gasteiger partial charge >= 0.3 is 0 Å². The van der Waals surface area contributed by atoms with Crippen molar-refractivity contribution in [3.05, 3.63) is 53.1 Å². The number of phenols is 1. The molecule has 0 aromatic heterocycles. The Kier molecular flexibility index (Phi) is 4.19. The van der Waals surface area contributed by atoms with Crippen LogP contribution in [-0.4, -0.2) is 36.6 Å². The van der Waals surface area contributed by atoms with Crippen molar-refractivity contribution in [2.24, 2.45) is 0 Å². The number of aromatic hydroxyl groups is 1. The van der Waals surface area contributed by atoms with Crippen LogP contribution in [0.1, 0.15) is 42.6 Å². The number of aliphatic hydroxyl groups excluding tert-OH is 1. The van der Waals surface area contributed by atoms with E-state index in [0.29, 0.717) is 47.8 Å². The smallest absolute Gasteiger partial charge is 0.164 e. The lowest BCUT2D eigenvalue weighted by Gasteiger charge is -2.55. The van der Waals surface area contributed by atoms with Crippen molar-refractivity contribution in [3.63, 3.8) is 0 Å². The summed E-state index contributed by atoms with van der Waals surface area (Å²) in [5, 5.41) is 22.5. The maximum absolute atomic E-state index is 11.5. The van der Waals surface area contributed by atoms with E-state index in [1.54, 1.807) is 20.3 Å². The molecule has 2 N–H and O–H groups in total. The predicted molar refractivity (Wildman–Crippen MR) is 111 cm³/mol. The normalized spacial score (nSPS) is 26.4. The molecule has 2 aromatic rings. The van der Waals surface area contributed by atoms with Gasteiger partial charge in [0.15, 0.2) is 11.5 Å². The van der Waals surface area contributed by atoms with E-state index in [1.165, 1.54) is 0 Å². The molecule has 6 heteroatoms. The van der Waals surface area contributed by atoms with Crippen molar-refractivity contribution in [3.8, 4) is 28.7 Å². The molecule has 1 fully saturated rings. The van der Waals surface area contributed by atoms with Gasteiger partial charge in [0, 0.05) is 34.6 Å². The van der Waals surface area contributed by atoms with Crippen molar-refractivity contribution in [1.82, 2.24) is 0 Å². The van der Waals surface area contributed by atoms with Crippen LogP contribution in [0.5, 0.6) is 28.7 Å². The van der Waals surface area contributed by atoms with E-state index in [-0.39, 0.29) is 18.0 Å². The summed E-state index contributed by atoms with van der Waals surface area (Å²) in [5.41, 5.74) is 2.49. The lowest BCUT2D eigenvalue weighted by molar-refractivity contribution is -0.0694. The zero-order valence-corrected chi connectivity index (χ0v) is 17.4. The summed E-state index contributed by atoms with van der Waals surface area (Å²) < 4.78 is 22.8. The standard InChI is InChI=1S/C24H26O6/c1-12(2)18-7-15-17(30-18)6-5-14(22(15)25)23(26)24-10-13(11-24)29-19-9-21(28-4)20(27-3)8-16(19)24/h5-6,8-9,13,18,23,25-26H,1,7,10-11H2,2-4H3/t13?,18-,23?,24?/m1/s1. The Balaban J connectivity index is 1.56. The second kappa shape index (κ2) is 6.57. The van der Waals surface area contributed by atoms with E-state index in [4.69, 9.17) is 18.9 Å². The number of rotatable bonds is 5. The predicted octanol–water partition coefficient (Wildman–Crippen LogP) is 3.82. The summed E-state index contributed by atoms with van der Waals surface area (Å²) in [6.07, 6.45) is 0.916. The number of aliphatic hydroxyl groups is 1. The maximum atomic E-state index is 11.5. The number of hydrogen-bond donors (Lipinski definition) is 2. The molecule has 2 bridgehead atoms. The zero-order valence-electron chi connectivity index (χ0n) is 17.4. The molecule has 0 radical (unpaired) electrons. The third-order valence-corrected chi connectivity index (χ3v) is 6.80. The molecule has 2 atom stereocenters. The molecule has 30 heavy (non-hydrogen) atoms. The van der Waals surface area contributed by atoms with Crippen molar-refractivity contribution in [1.29, 1.82) is 0 Å². The molecular weight excluding hydrogens is 384 g/mol. The highest BCUT2D eigenvalue weighted by molar-refractivity contribution is 5.59. The molecule has 0 spiro atoms. The Bertz CT molecular complexity index is 1040. The van der Waals surface area contributed by atoms with Crippen molar-refractivity contribution in [2.75, 3.05) is 14.2 Å². The zero-order chi connectivity index (χ0) is 21.2. The molecule has 3 heterocycles. The number of ether oxygens (including phenoxy) is 4. The lowest BCUT2D eigenvalue weighted by atomic mass is 9.56. The first-order valence-electron chi connectivity index (χ1n) is 10.2. The van der Waals surface area contributed by atoms with E-state index in [2.05, 4.69) is 6.58 Å². The van der Waals surface area contributed by atoms with Crippen LogP contribution in [0.15, 0.2) is 36.4 Å². The van der Waals surface area contributed by atoms with Gasteiger partial charge in [-0.05, 0) is 43.5 Å². The first-order valence-corrected chi connectivity index (χ1v) is 10.2. The van der Waals surface area contributed by atoms with Gasteiger partial charge in [0.25, 0.3) is 0 Å². The maximum Gasteiger partial charge on any atom is 0.164 e. The molecule has 1 unspecified atom stereocenters. The van der Waals surface area contributed by atoms with Gasteiger partial charge in [0.05, 0.1) is 20.3 Å². The Labute approximate surface area is 175 Å². The molecule has 6 rings (SSSR count). The van der Waals surface area contributed by atoms with Crippen LogP contribution in [0, 0.1) is 0 Å². The van der Waals surface area contributed by atoms with Crippen molar-refractivity contribution < 1.29 is 29.2 Å². The van der Waals surface area contributed by atoms with Crippen LogP contribution in [0.4, 0.5) is 0 Å². The highest BCUT2D eigenvalue weighted by atomic mass is 16.5. The Morgan fingerprint density at radius 1 is 1.13 bits per heavy atom. The molecule has 0 amide bonds. The number of hydrogen-bond acceptors (Lipinski definition) is 6. The first-order chi connectivity index (χ1) is 14.4. The summed E-state index contributed by atoms with van der Waals surface area (Å²) in [7, 11) is 3.17. The third kappa shape index (κ3) is 2.53. The summed E-state index contributed by atoms with van der Waals surface area (Å²) in [5.74, 6) is 2.63. The van der Waals surface area contributed by atoms with Crippen LogP contribution in [0.25, 0.3) is 0 Å². The Morgan fingerprint density at radius 3 is 2.50 bits per heavy atom. The summed E-state index contributed by atoms with van der Waals surface area (Å²) in [6, 6.07) is 7.29. The SMILES string of the molecule is C=C(C)[C@H]1Cc2c(ccc(C(O)C34CC(C3)Oc3cc(OC)c(OC)cc34)c2O)O1. The van der Waals surface area contributed by atoms with Gasteiger partial charge in [-0.25, -0.2) is 0 Å². The van der Waals surface area contributed by atoms with E-state index in [9.17, 15) is 10.2 Å². The Hall–Kier alpha value is -2.86. The van der Waals surface area contributed by atoms with Crippen molar-refractivity contribution >= 4 is 0 Å². The minimum absolute atomic E-state index is 0.0398. The Morgan fingerprint density at radius 2 is 1.83 bits per heavy atom. The van der Waals surface area contributed by atoms with Gasteiger partial charge in [-0.3, -0.25) is 0 Å². The number of fused-ring (bicyclic) bond motifs is 1. The fourth-order valence-corrected chi connectivity index (χ4v) is 5.07. The topological polar surface area (TPSA) is 77.4 Å².